The number of hydrogen-bond donors (Lipinski definition) is 2. The summed E-state index contributed by atoms with van der Waals surface area (Å²) in [6.45, 7) is 0. The van der Waals surface area contributed by atoms with Crippen LogP contribution in [0.15, 0.2) is 42.5 Å². The lowest BCUT2D eigenvalue weighted by Gasteiger charge is -2.09. The van der Waals surface area contributed by atoms with Crippen molar-refractivity contribution in [2.24, 2.45) is 0 Å². The lowest BCUT2D eigenvalue weighted by atomic mass is 10.0. The van der Waals surface area contributed by atoms with E-state index in [0.29, 0.717) is 5.56 Å². The first kappa shape index (κ1) is 14.6. The van der Waals surface area contributed by atoms with Gasteiger partial charge in [0.25, 0.3) is 5.91 Å². The van der Waals surface area contributed by atoms with Crippen molar-refractivity contribution in [2.45, 2.75) is 0 Å². The van der Waals surface area contributed by atoms with E-state index in [1.807, 2.05) is 6.07 Å². The SMILES string of the molecule is CNC(=O)c1cccc(-c2ccc(C(=O)O)c(OC)c2)c1. The van der Waals surface area contributed by atoms with Gasteiger partial charge in [0.05, 0.1) is 7.11 Å². The molecule has 0 saturated carbocycles. The summed E-state index contributed by atoms with van der Waals surface area (Å²) < 4.78 is 5.11. The summed E-state index contributed by atoms with van der Waals surface area (Å²) >= 11 is 0. The normalized spacial score (nSPS) is 10.0. The quantitative estimate of drug-likeness (QED) is 0.904. The third-order valence-electron chi connectivity index (χ3n) is 3.12. The van der Waals surface area contributed by atoms with Crippen LogP contribution in [0.4, 0.5) is 0 Å². The molecule has 0 heterocycles. The molecule has 0 saturated heterocycles. The zero-order chi connectivity index (χ0) is 15.4. The number of rotatable bonds is 4. The van der Waals surface area contributed by atoms with Gasteiger partial charge >= 0.3 is 5.97 Å². The topological polar surface area (TPSA) is 75.6 Å². The van der Waals surface area contributed by atoms with E-state index in [0.717, 1.165) is 11.1 Å². The van der Waals surface area contributed by atoms with Crippen LogP contribution in [-0.2, 0) is 0 Å². The Balaban J connectivity index is 2.47. The number of methoxy groups -OCH3 is 1. The van der Waals surface area contributed by atoms with Crippen molar-refractivity contribution >= 4 is 11.9 Å². The number of amides is 1. The second kappa shape index (κ2) is 6.09. The van der Waals surface area contributed by atoms with Crippen molar-refractivity contribution < 1.29 is 19.4 Å². The van der Waals surface area contributed by atoms with E-state index in [4.69, 9.17) is 9.84 Å². The van der Waals surface area contributed by atoms with E-state index in [2.05, 4.69) is 5.32 Å². The predicted molar refractivity (Wildman–Crippen MR) is 78.8 cm³/mol. The van der Waals surface area contributed by atoms with E-state index in [9.17, 15) is 9.59 Å². The van der Waals surface area contributed by atoms with E-state index in [1.165, 1.54) is 13.2 Å². The maximum atomic E-state index is 11.6. The summed E-state index contributed by atoms with van der Waals surface area (Å²) in [4.78, 5) is 22.7. The number of carbonyl (C=O) groups is 2. The molecule has 108 valence electrons. The fourth-order valence-corrected chi connectivity index (χ4v) is 2.03. The smallest absolute Gasteiger partial charge is 0.339 e. The second-order valence-corrected chi connectivity index (χ2v) is 4.38. The van der Waals surface area contributed by atoms with Crippen molar-refractivity contribution in [1.82, 2.24) is 5.32 Å². The van der Waals surface area contributed by atoms with Gasteiger partial charge in [-0.25, -0.2) is 4.79 Å². The molecule has 1 amide bonds. The number of aromatic carboxylic acids is 1. The molecule has 0 spiro atoms. The van der Waals surface area contributed by atoms with Crippen LogP contribution < -0.4 is 10.1 Å². The van der Waals surface area contributed by atoms with Gasteiger partial charge in [0.2, 0.25) is 0 Å². The van der Waals surface area contributed by atoms with Crippen molar-refractivity contribution in [3.05, 3.63) is 53.6 Å². The van der Waals surface area contributed by atoms with E-state index in [-0.39, 0.29) is 17.2 Å². The first-order chi connectivity index (χ1) is 10.1. The Morgan fingerprint density at radius 3 is 2.43 bits per heavy atom. The third kappa shape index (κ3) is 3.02. The number of nitrogens with one attached hydrogen (secondary N) is 1. The van der Waals surface area contributed by atoms with E-state index >= 15 is 0 Å². The fraction of sp³-hybridized carbons (Fsp3) is 0.125. The van der Waals surface area contributed by atoms with Crippen LogP contribution in [-0.4, -0.2) is 31.1 Å². The molecule has 0 unspecified atom stereocenters. The molecule has 0 aliphatic heterocycles. The molecule has 0 bridgehead atoms. The Morgan fingerprint density at radius 2 is 1.81 bits per heavy atom. The van der Waals surface area contributed by atoms with Gasteiger partial charge in [-0.1, -0.05) is 18.2 Å². The summed E-state index contributed by atoms with van der Waals surface area (Å²) in [6.07, 6.45) is 0. The summed E-state index contributed by atoms with van der Waals surface area (Å²) in [7, 11) is 2.99. The summed E-state index contributed by atoms with van der Waals surface area (Å²) in [5.41, 5.74) is 2.23. The number of ether oxygens (including phenoxy) is 1. The largest absolute Gasteiger partial charge is 0.496 e. The summed E-state index contributed by atoms with van der Waals surface area (Å²) in [5, 5.41) is 11.6. The first-order valence-corrected chi connectivity index (χ1v) is 6.30. The van der Waals surface area contributed by atoms with Crippen molar-refractivity contribution in [1.29, 1.82) is 0 Å². The Kier molecular flexibility index (Phi) is 4.23. The average molecular weight is 285 g/mol. The molecule has 0 atom stereocenters. The van der Waals surface area contributed by atoms with Gasteiger partial charge in [-0.2, -0.15) is 0 Å². The van der Waals surface area contributed by atoms with Gasteiger partial charge in [0, 0.05) is 12.6 Å². The van der Waals surface area contributed by atoms with Crippen molar-refractivity contribution in [3.8, 4) is 16.9 Å². The molecular formula is C16H15NO4. The molecule has 2 rings (SSSR count). The monoisotopic (exact) mass is 285 g/mol. The highest BCUT2D eigenvalue weighted by Crippen LogP contribution is 2.27. The van der Waals surface area contributed by atoms with Crippen molar-refractivity contribution in [2.75, 3.05) is 14.2 Å². The molecule has 2 aromatic rings. The average Bonchev–Trinajstić information content (AvgIpc) is 2.53. The first-order valence-electron chi connectivity index (χ1n) is 6.30. The van der Waals surface area contributed by atoms with Crippen LogP contribution in [0, 0.1) is 0 Å². The predicted octanol–water partition coefficient (Wildman–Crippen LogP) is 2.42. The number of hydrogen-bond acceptors (Lipinski definition) is 3. The zero-order valence-corrected chi connectivity index (χ0v) is 11.7. The Bertz CT molecular complexity index is 694. The molecule has 21 heavy (non-hydrogen) atoms. The van der Waals surface area contributed by atoms with Gasteiger partial charge < -0.3 is 15.2 Å². The maximum Gasteiger partial charge on any atom is 0.339 e. The minimum Gasteiger partial charge on any atom is -0.496 e. The molecule has 0 aromatic heterocycles. The summed E-state index contributed by atoms with van der Waals surface area (Å²) in [5.74, 6) is -0.936. The van der Waals surface area contributed by atoms with Crippen LogP contribution in [0.5, 0.6) is 5.75 Å². The van der Waals surface area contributed by atoms with Crippen LogP contribution in [0.1, 0.15) is 20.7 Å². The lowest BCUT2D eigenvalue weighted by molar-refractivity contribution is 0.0693. The number of carbonyl (C=O) groups excluding carboxylic acids is 1. The van der Waals surface area contributed by atoms with E-state index in [1.54, 1.807) is 37.4 Å². The Morgan fingerprint density at radius 1 is 1.10 bits per heavy atom. The molecule has 0 radical (unpaired) electrons. The molecular weight excluding hydrogens is 270 g/mol. The highest BCUT2D eigenvalue weighted by molar-refractivity contribution is 5.95. The molecule has 2 aromatic carbocycles. The highest BCUT2D eigenvalue weighted by atomic mass is 16.5. The van der Waals surface area contributed by atoms with Crippen LogP contribution in [0.3, 0.4) is 0 Å². The summed E-state index contributed by atoms with van der Waals surface area (Å²) in [6, 6.07) is 11.9. The molecule has 0 fully saturated rings. The van der Waals surface area contributed by atoms with Gasteiger partial charge in [0.1, 0.15) is 11.3 Å². The Labute approximate surface area is 122 Å². The maximum absolute atomic E-state index is 11.6. The molecule has 0 aliphatic carbocycles. The van der Waals surface area contributed by atoms with Crippen LogP contribution in [0.25, 0.3) is 11.1 Å². The lowest BCUT2D eigenvalue weighted by Crippen LogP contribution is -2.17. The van der Waals surface area contributed by atoms with Gasteiger partial charge in [-0.3, -0.25) is 4.79 Å². The molecule has 2 N–H and O–H groups in total. The zero-order valence-electron chi connectivity index (χ0n) is 11.7. The van der Waals surface area contributed by atoms with Gasteiger partial charge in [-0.05, 0) is 35.4 Å². The highest BCUT2D eigenvalue weighted by Gasteiger charge is 2.12. The van der Waals surface area contributed by atoms with Crippen LogP contribution in [0.2, 0.25) is 0 Å². The Hall–Kier alpha value is -2.82. The second-order valence-electron chi connectivity index (χ2n) is 4.38. The third-order valence-corrected chi connectivity index (χ3v) is 3.12. The number of carboxylic acid groups (broad SMARTS) is 1. The number of carboxylic acids is 1. The van der Waals surface area contributed by atoms with E-state index < -0.39 is 5.97 Å². The standard InChI is InChI=1S/C16H15NO4/c1-17-15(18)12-5-3-4-10(8-12)11-6-7-13(16(19)20)14(9-11)21-2/h3-9H,1-2H3,(H,17,18)(H,19,20). The van der Waals surface area contributed by atoms with Crippen molar-refractivity contribution in [3.63, 3.8) is 0 Å². The fourth-order valence-electron chi connectivity index (χ4n) is 2.03. The van der Waals surface area contributed by atoms with Gasteiger partial charge in [0.15, 0.2) is 0 Å². The minimum absolute atomic E-state index is 0.101. The molecule has 5 heteroatoms. The van der Waals surface area contributed by atoms with Gasteiger partial charge in [-0.15, -0.1) is 0 Å². The van der Waals surface area contributed by atoms with Crippen LogP contribution >= 0.6 is 0 Å². The molecule has 5 nitrogen and oxygen atoms in total. The minimum atomic E-state index is -1.04. The molecule has 0 aliphatic rings. The number of benzene rings is 2.